The van der Waals surface area contributed by atoms with Crippen LogP contribution in [0.25, 0.3) is 10.9 Å². The zero-order valence-corrected chi connectivity index (χ0v) is 19.0. The molecule has 0 aliphatic heterocycles. The largest absolute Gasteiger partial charge is 0.398 e. The molecule has 4 nitrogen and oxygen atoms in total. The number of pyridine rings is 1. The first kappa shape index (κ1) is 28.0. The van der Waals surface area contributed by atoms with Gasteiger partial charge < -0.3 is 5.73 Å². The summed E-state index contributed by atoms with van der Waals surface area (Å²) >= 11 is 4.29. The summed E-state index contributed by atoms with van der Waals surface area (Å²) in [7, 11) is 0. The van der Waals surface area contributed by atoms with E-state index in [-0.39, 0.29) is 19.5 Å². The molecule has 0 amide bonds. The molecular weight excluding hydrogens is 439 g/mol. The standard InChI is InChI=1S/C13H14N2.C13H4.ClHN2.ClH.5H2/c14-13-9-5-1-3-7-11(9)15-12-8-4-2-6-10(12)13;1-3-5-7-9-11-13-12-10-8-6-4-2;1-3-2;;;;;;/h1,3,5,7H,2,4,6,8H2,(H2,14,15);1H,2H3;2H;6*1H. The monoisotopic (exact) mass is 468 g/mol. The number of nitrogen functional groups attached to an aromatic ring is 1. The molecule has 0 spiro atoms. The molecular formula is C26H30Cl2N4. The summed E-state index contributed by atoms with van der Waals surface area (Å²) in [5, 5.41) is 1.11. The Morgan fingerprint density at radius 1 is 1.00 bits per heavy atom. The first-order valence-corrected chi connectivity index (χ1v) is 9.54. The Bertz CT molecular complexity index is 1300. The van der Waals surface area contributed by atoms with Gasteiger partial charge in [-0.15, -0.1) is 18.8 Å². The third-order valence-corrected chi connectivity index (χ3v) is 3.91. The number of halogens is 2. The molecule has 0 bridgehead atoms. The summed E-state index contributed by atoms with van der Waals surface area (Å²) in [4.78, 5) is 4.70. The Morgan fingerprint density at radius 3 is 2.12 bits per heavy atom. The topological polar surface area (TPSA) is 75.1 Å². The number of anilines is 1. The molecule has 32 heavy (non-hydrogen) atoms. The van der Waals surface area contributed by atoms with Crippen molar-refractivity contribution in [2.75, 3.05) is 5.73 Å². The predicted molar refractivity (Wildman–Crippen MR) is 145 cm³/mol. The van der Waals surface area contributed by atoms with E-state index in [9.17, 15) is 0 Å². The molecule has 3 N–H and O–H groups in total. The molecule has 1 aliphatic rings. The van der Waals surface area contributed by atoms with Crippen molar-refractivity contribution in [3.8, 4) is 71.5 Å². The van der Waals surface area contributed by atoms with Crippen LogP contribution in [0.3, 0.4) is 0 Å². The van der Waals surface area contributed by atoms with Gasteiger partial charge in [0.15, 0.2) is 0 Å². The van der Waals surface area contributed by atoms with Gasteiger partial charge in [-0.2, -0.15) is 5.53 Å². The van der Waals surface area contributed by atoms with Gasteiger partial charge in [0, 0.05) is 23.9 Å². The summed E-state index contributed by atoms with van der Waals surface area (Å²) in [6, 6.07) is 8.15. The van der Waals surface area contributed by atoms with E-state index in [0.717, 1.165) is 29.4 Å². The molecule has 2 aromatic rings. The highest BCUT2D eigenvalue weighted by atomic mass is 35.5. The van der Waals surface area contributed by atoms with Crippen LogP contribution in [-0.4, -0.2) is 4.98 Å². The molecule has 168 valence electrons. The molecule has 1 aromatic carbocycles. The molecule has 0 radical (unpaired) electrons. The van der Waals surface area contributed by atoms with Gasteiger partial charge in [0.1, 0.15) is 0 Å². The molecule has 1 heterocycles. The van der Waals surface area contributed by atoms with Gasteiger partial charge in [-0.05, 0) is 103 Å². The van der Waals surface area contributed by atoms with Crippen molar-refractivity contribution in [1.29, 1.82) is 5.53 Å². The van der Waals surface area contributed by atoms with E-state index in [1.165, 1.54) is 24.1 Å². The van der Waals surface area contributed by atoms with Crippen molar-refractivity contribution in [3.63, 3.8) is 0 Å². The number of fused-ring (bicyclic) bond motifs is 2. The number of para-hydroxylation sites is 1. The summed E-state index contributed by atoms with van der Waals surface area (Å²) in [5.74, 6) is 26.9. The van der Waals surface area contributed by atoms with Crippen LogP contribution < -0.4 is 5.73 Å². The Balaban J connectivity index is -0.000000103. The minimum atomic E-state index is 0. The van der Waals surface area contributed by atoms with Gasteiger partial charge in [-0.1, -0.05) is 28.8 Å². The van der Waals surface area contributed by atoms with E-state index in [2.05, 4.69) is 87.6 Å². The van der Waals surface area contributed by atoms with Crippen LogP contribution in [0.15, 0.2) is 28.9 Å². The maximum atomic E-state index is 6.20. The van der Waals surface area contributed by atoms with Crippen LogP contribution in [0.1, 0.15) is 38.2 Å². The van der Waals surface area contributed by atoms with Gasteiger partial charge in [-0.3, -0.25) is 4.98 Å². The first-order valence-electron chi connectivity index (χ1n) is 9.20. The van der Waals surface area contributed by atoms with Crippen molar-refractivity contribution in [1.82, 2.24) is 4.98 Å². The minimum Gasteiger partial charge on any atom is -0.398 e. The Kier molecular flexibility index (Phi) is 15.6. The van der Waals surface area contributed by atoms with E-state index in [0.29, 0.717) is 0 Å². The third kappa shape index (κ3) is 10.1. The lowest BCUT2D eigenvalue weighted by Crippen LogP contribution is -2.09. The van der Waals surface area contributed by atoms with Gasteiger partial charge in [0.25, 0.3) is 0 Å². The van der Waals surface area contributed by atoms with E-state index in [1.807, 2.05) is 18.2 Å². The lowest BCUT2D eigenvalue weighted by Gasteiger charge is -2.18. The second kappa shape index (κ2) is 17.8. The molecule has 0 saturated heterocycles. The maximum absolute atomic E-state index is 6.20. The molecule has 6 heteroatoms. The quantitative estimate of drug-likeness (QED) is 0.357. The molecule has 0 fully saturated rings. The van der Waals surface area contributed by atoms with E-state index >= 15 is 0 Å². The highest BCUT2D eigenvalue weighted by Crippen LogP contribution is 2.30. The summed E-state index contributed by atoms with van der Waals surface area (Å²) in [6.07, 6.45) is 9.54. The maximum Gasteiger partial charge on any atom is 0.0726 e. The Morgan fingerprint density at radius 2 is 1.53 bits per heavy atom. The van der Waals surface area contributed by atoms with Crippen LogP contribution >= 0.6 is 24.2 Å². The number of aryl methyl sites for hydroxylation is 1. The number of benzene rings is 1. The SMILES string of the molecule is C#CC#CC#CC#CC#CC#CC.Cl.N=NCl.Nc1c2c(nc3ccccc13)CCCC2.[HH].[HH].[HH].[HH].[HH]. The lowest BCUT2D eigenvalue weighted by atomic mass is 9.93. The number of hydrogen-bond donors (Lipinski definition) is 2. The fourth-order valence-corrected chi connectivity index (χ4v) is 2.73. The van der Waals surface area contributed by atoms with Crippen molar-refractivity contribution in [3.05, 3.63) is 35.5 Å². The fraction of sp³-hybridized carbons (Fsp3) is 0.192. The smallest absolute Gasteiger partial charge is 0.0726 e. The first-order chi connectivity index (χ1) is 15.2. The Labute approximate surface area is 208 Å². The zero-order chi connectivity index (χ0) is 22.7. The zero-order valence-electron chi connectivity index (χ0n) is 17.5. The second-order valence-corrected chi connectivity index (χ2v) is 5.95. The minimum absolute atomic E-state index is 0. The lowest BCUT2D eigenvalue weighted by molar-refractivity contribution is 0.673. The number of aromatic nitrogens is 1. The van der Waals surface area contributed by atoms with Gasteiger partial charge in [0.2, 0.25) is 0 Å². The number of hydrogen-bond acceptors (Lipinski definition) is 4. The van der Waals surface area contributed by atoms with Crippen LogP contribution in [0, 0.1) is 77.1 Å². The average Bonchev–Trinajstić information content (AvgIpc) is 2.79. The number of nitrogens with two attached hydrogens (primary N) is 1. The second-order valence-electron chi connectivity index (χ2n) is 5.78. The normalized spacial score (nSPS) is 9.03. The number of terminal acetylenes is 1. The van der Waals surface area contributed by atoms with Crippen molar-refractivity contribution in [2.24, 2.45) is 4.63 Å². The number of rotatable bonds is 0. The van der Waals surface area contributed by atoms with Crippen LogP contribution in [0.2, 0.25) is 0 Å². The summed E-state index contributed by atoms with van der Waals surface area (Å²) < 4.78 is 2.22. The van der Waals surface area contributed by atoms with Gasteiger partial charge in [0.05, 0.1) is 17.3 Å². The van der Waals surface area contributed by atoms with Crippen LogP contribution in [0.4, 0.5) is 5.69 Å². The van der Waals surface area contributed by atoms with Crippen LogP contribution in [-0.2, 0) is 12.8 Å². The number of nitrogens with one attached hydrogen (secondary N) is 1. The summed E-state index contributed by atoms with van der Waals surface area (Å²) in [6.45, 7) is 1.71. The van der Waals surface area contributed by atoms with E-state index in [1.54, 1.807) is 6.92 Å². The fourth-order valence-electron chi connectivity index (χ4n) is 2.73. The molecule has 1 aliphatic carbocycles. The van der Waals surface area contributed by atoms with E-state index < -0.39 is 0 Å². The van der Waals surface area contributed by atoms with Crippen LogP contribution in [0.5, 0.6) is 0 Å². The van der Waals surface area contributed by atoms with Crippen molar-refractivity contribution < 1.29 is 7.13 Å². The molecule has 1 aromatic heterocycles. The highest BCUT2D eigenvalue weighted by molar-refractivity contribution is 6.13. The molecule has 0 saturated carbocycles. The third-order valence-electron chi connectivity index (χ3n) is 3.91. The number of nitrogens with zero attached hydrogens (tertiary/aromatic N) is 2. The predicted octanol–water partition coefficient (Wildman–Crippen LogP) is 6.18. The molecule has 0 unspecified atom stereocenters. The van der Waals surface area contributed by atoms with E-state index in [4.69, 9.17) is 22.7 Å². The van der Waals surface area contributed by atoms with Crippen molar-refractivity contribution in [2.45, 2.75) is 32.6 Å². The average molecular weight is 469 g/mol. The Hall–Kier alpha value is -4.03. The van der Waals surface area contributed by atoms with Gasteiger partial charge >= 0.3 is 0 Å². The highest BCUT2D eigenvalue weighted by Gasteiger charge is 2.15. The van der Waals surface area contributed by atoms with Crippen molar-refractivity contribution >= 4 is 40.8 Å². The van der Waals surface area contributed by atoms with Gasteiger partial charge in [-0.25, -0.2) is 0 Å². The summed E-state index contributed by atoms with van der Waals surface area (Å²) in [5.41, 5.74) is 16.3. The molecule has 0 atom stereocenters. The molecule has 3 rings (SSSR count).